The Kier molecular flexibility index (Phi) is 4.27. The Bertz CT molecular complexity index is 895. The number of morpholine rings is 1. The van der Waals surface area contributed by atoms with Gasteiger partial charge in [0.05, 0.1) is 23.8 Å². The van der Waals surface area contributed by atoms with E-state index in [9.17, 15) is 0 Å². The molecule has 1 aliphatic heterocycles. The molecular formula is C18H15Cl2N3O. The highest BCUT2D eigenvalue weighted by molar-refractivity contribution is 6.33. The van der Waals surface area contributed by atoms with E-state index in [1.54, 1.807) is 0 Å². The number of fused-ring (bicyclic) bond motifs is 1. The molecule has 0 bridgehead atoms. The standard InChI is InChI=1S/C18H15Cl2N3O/c19-12-5-6-14-16(11-12)21-17(13-3-1-2-4-15(13)20)22-18(14)23-7-9-24-10-8-23/h1-6,11H,7-10H2. The lowest BCUT2D eigenvalue weighted by Gasteiger charge is -2.29. The first kappa shape index (κ1) is 15.6. The summed E-state index contributed by atoms with van der Waals surface area (Å²) in [4.78, 5) is 11.7. The molecule has 2 heterocycles. The molecule has 4 nitrogen and oxygen atoms in total. The smallest absolute Gasteiger partial charge is 0.163 e. The predicted octanol–water partition coefficient (Wildman–Crippen LogP) is 4.44. The van der Waals surface area contributed by atoms with Crippen LogP contribution in [0.4, 0.5) is 5.82 Å². The molecule has 6 heteroatoms. The van der Waals surface area contributed by atoms with Crippen LogP contribution in [-0.2, 0) is 4.74 Å². The average molecular weight is 360 g/mol. The van der Waals surface area contributed by atoms with Crippen LogP contribution in [0.5, 0.6) is 0 Å². The molecule has 122 valence electrons. The van der Waals surface area contributed by atoms with Gasteiger partial charge in [-0.2, -0.15) is 0 Å². The number of anilines is 1. The molecule has 0 aliphatic carbocycles. The molecule has 1 aliphatic rings. The minimum Gasteiger partial charge on any atom is -0.378 e. The van der Waals surface area contributed by atoms with Gasteiger partial charge in [0.15, 0.2) is 5.82 Å². The third-order valence-corrected chi connectivity index (χ3v) is 4.63. The maximum atomic E-state index is 6.34. The van der Waals surface area contributed by atoms with Crippen LogP contribution in [0.1, 0.15) is 0 Å². The van der Waals surface area contributed by atoms with Crippen molar-refractivity contribution in [1.82, 2.24) is 9.97 Å². The van der Waals surface area contributed by atoms with Crippen molar-refractivity contribution >= 4 is 39.9 Å². The van der Waals surface area contributed by atoms with E-state index >= 15 is 0 Å². The van der Waals surface area contributed by atoms with Gasteiger partial charge in [0, 0.05) is 29.1 Å². The fourth-order valence-electron chi connectivity index (χ4n) is 2.87. The normalized spacial score (nSPS) is 15.0. The summed E-state index contributed by atoms with van der Waals surface area (Å²) in [7, 11) is 0. The van der Waals surface area contributed by atoms with Gasteiger partial charge in [0.25, 0.3) is 0 Å². The molecule has 4 rings (SSSR count). The van der Waals surface area contributed by atoms with Gasteiger partial charge in [-0.3, -0.25) is 0 Å². The zero-order valence-corrected chi connectivity index (χ0v) is 14.4. The number of rotatable bonds is 2. The van der Waals surface area contributed by atoms with Crippen LogP contribution in [0, 0.1) is 0 Å². The molecule has 24 heavy (non-hydrogen) atoms. The number of nitrogens with zero attached hydrogens (tertiary/aromatic N) is 3. The summed E-state index contributed by atoms with van der Waals surface area (Å²) in [6.45, 7) is 2.99. The third kappa shape index (κ3) is 2.93. The summed E-state index contributed by atoms with van der Waals surface area (Å²) >= 11 is 12.5. The first-order chi connectivity index (χ1) is 11.7. The van der Waals surface area contributed by atoms with E-state index in [4.69, 9.17) is 32.9 Å². The fraction of sp³-hybridized carbons (Fsp3) is 0.222. The van der Waals surface area contributed by atoms with Crippen LogP contribution in [0.25, 0.3) is 22.3 Å². The minimum atomic E-state index is 0.608. The Balaban J connectivity index is 1.93. The number of ether oxygens (including phenoxy) is 1. The Labute approximate surface area is 150 Å². The summed E-state index contributed by atoms with van der Waals surface area (Å²) in [6.07, 6.45) is 0. The highest BCUT2D eigenvalue weighted by Gasteiger charge is 2.18. The molecule has 0 N–H and O–H groups in total. The lowest BCUT2D eigenvalue weighted by atomic mass is 10.1. The molecule has 0 saturated carbocycles. The lowest BCUT2D eigenvalue weighted by Crippen LogP contribution is -2.37. The Hall–Kier alpha value is -1.88. The molecule has 0 atom stereocenters. The van der Waals surface area contributed by atoms with Crippen LogP contribution >= 0.6 is 23.2 Å². The van der Waals surface area contributed by atoms with Crippen LogP contribution in [0.15, 0.2) is 42.5 Å². The van der Waals surface area contributed by atoms with Crippen molar-refractivity contribution in [1.29, 1.82) is 0 Å². The van der Waals surface area contributed by atoms with Gasteiger partial charge in [-0.25, -0.2) is 9.97 Å². The number of hydrogen-bond donors (Lipinski definition) is 0. The van der Waals surface area contributed by atoms with E-state index < -0.39 is 0 Å². The highest BCUT2D eigenvalue weighted by Crippen LogP contribution is 2.32. The molecular weight excluding hydrogens is 345 g/mol. The van der Waals surface area contributed by atoms with E-state index in [1.165, 1.54) is 0 Å². The summed E-state index contributed by atoms with van der Waals surface area (Å²) < 4.78 is 5.46. The van der Waals surface area contributed by atoms with Gasteiger partial charge in [-0.1, -0.05) is 35.3 Å². The van der Waals surface area contributed by atoms with E-state index in [0.717, 1.165) is 35.4 Å². The van der Waals surface area contributed by atoms with Crippen LogP contribution < -0.4 is 4.90 Å². The first-order valence-corrected chi connectivity index (χ1v) is 8.53. The predicted molar refractivity (Wildman–Crippen MR) is 98.0 cm³/mol. The van der Waals surface area contributed by atoms with Gasteiger partial charge in [0.1, 0.15) is 5.82 Å². The highest BCUT2D eigenvalue weighted by atomic mass is 35.5. The molecule has 1 fully saturated rings. The molecule has 1 saturated heterocycles. The average Bonchev–Trinajstić information content (AvgIpc) is 2.61. The summed E-state index contributed by atoms with van der Waals surface area (Å²) in [6, 6.07) is 13.3. The maximum Gasteiger partial charge on any atom is 0.163 e. The Morgan fingerprint density at radius 2 is 1.75 bits per heavy atom. The second-order valence-electron chi connectivity index (χ2n) is 5.61. The number of benzene rings is 2. The van der Waals surface area contributed by atoms with Crippen molar-refractivity contribution in [3.63, 3.8) is 0 Å². The summed E-state index contributed by atoms with van der Waals surface area (Å²) in [5, 5.41) is 2.27. The van der Waals surface area contributed by atoms with Gasteiger partial charge in [-0.15, -0.1) is 0 Å². The van der Waals surface area contributed by atoms with Crippen molar-refractivity contribution in [3.05, 3.63) is 52.5 Å². The van der Waals surface area contributed by atoms with Crippen molar-refractivity contribution in [2.45, 2.75) is 0 Å². The van der Waals surface area contributed by atoms with E-state index in [2.05, 4.69) is 9.88 Å². The van der Waals surface area contributed by atoms with Gasteiger partial charge < -0.3 is 9.64 Å². The Morgan fingerprint density at radius 1 is 0.958 bits per heavy atom. The largest absolute Gasteiger partial charge is 0.378 e. The van der Waals surface area contributed by atoms with Crippen LogP contribution in [0.2, 0.25) is 10.0 Å². The molecule has 0 amide bonds. The molecule has 0 spiro atoms. The van der Waals surface area contributed by atoms with E-state index in [-0.39, 0.29) is 0 Å². The van der Waals surface area contributed by atoms with Gasteiger partial charge in [0.2, 0.25) is 0 Å². The first-order valence-electron chi connectivity index (χ1n) is 7.77. The third-order valence-electron chi connectivity index (χ3n) is 4.06. The Morgan fingerprint density at radius 3 is 2.54 bits per heavy atom. The summed E-state index contributed by atoms with van der Waals surface area (Å²) in [5.74, 6) is 1.51. The zero-order chi connectivity index (χ0) is 16.5. The van der Waals surface area contributed by atoms with E-state index in [0.29, 0.717) is 29.1 Å². The van der Waals surface area contributed by atoms with Crippen molar-refractivity contribution in [2.24, 2.45) is 0 Å². The van der Waals surface area contributed by atoms with Crippen molar-refractivity contribution in [3.8, 4) is 11.4 Å². The maximum absolute atomic E-state index is 6.34. The molecule has 3 aromatic rings. The van der Waals surface area contributed by atoms with Gasteiger partial charge >= 0.3 is 0 Å². The van der Waals surface area contributed by atoms with Crippen molar-refractivity contribution < 1.29 is 4.74 Å². The number of aromatic nitrogens is 2. The van der Waals surface area contributed by atoms with Gasteiger partial charge in [-0.05, 0) is 30.3 Å². The monoisotopic (exact) mass is 359 g/mol. The number of hydrogen-bond acceptors (Lipinski definition) is 4. The minimum absolute atomic E-state index is 0.608. The fourth-order valence-corrected chi connectivity index (χ4v) is 3.25. The topological polar surface area (TPSA) is 38.2 Å². The van der Waals surface area contributed by atoms with E-state index in [1.807, 2.05) is 42.5 Å². The molecule has 2 aromatic carbocycles. The van der Waals surface area contributed by atoms with Crippen LogP contribution in [-0.4, -0.2) is 36.3 Å². The van der Waals surface area contributed by atoms with Crippen molar-refractivity contribution in [2.75, 3.05) is 31.2 Å². The SMILES string of the molecule is Clc1ccc2c(N3CCOCC3)nc(-c3ccccc3Cl)nc2c1. The van der Waals surface area contributed by atoms with Crippen LogP contribution in [0.3, 0.4) is 0 Å². The zero-order valence-electron chi connectivity index (χ0n) is 12.9. The second kappa shape index (κ2) is 6.55. The molecule has 0 radical (unpaired) electrons. The second-order valence-corrected chi connectivity index (χ2v) is 6.46. The lowest BCUT2D eigenvalue weighted by molar-refractivity contribution is 0.122. The quantitative estimate of drug-likeness (QED) is 0.677. The summed E-state index contributed by atoms with van der Waals surface area (Å²) in [5.41, 5.74) is 1.63. The molecule has 1 aromatic heterocycles. The molecule has 0 unspecified atom stereocenters. The number of halogens is 2.